The minimum Gasteiger partial charge on any atom is -0.388 e. The molecule has 1 N–H and O–H groups in total. The fraction of sp³-hybridized carbons (Fsp3) is 0.625. The third-order valence-electron chi connectivity index (χ3n) is 4.38. The van der Waals surface area contributed by atoms with E-state index < -0.39 is 6.10 Å². The Morgan fingerprint density at radius 2 is 2.00 bits per heavy atom. The molecule has 0 aromatic heterocycles. The number of piperazine rings is 1. The Labute approximate surface area is 127 Å². The van der Waals surface area contributed by atoms with E-state index in [0.29, 0.717) is 5.02 Å². The Kier molecular flexibility index (Phi) is 5.08. The van der Waals surface area contributed by atoms with E-state index in [2.05, 4.69) is 30.7 Å². The van der Waals surface area contributed by atoms with E-state index in [9.17, 15) is 5.11 Å². The summed E-state index contributed by atoms with van der Waals surface area (Å²) < 4.78 is 0. The lowest BCUT2D eigenvalue weighted by Gasteiger charge is -2.45. The van der Waals surface area contributed by atoms with Gasteiger partial charge in [-0.15, -0.1) is 0 Å². The van der Waals surface area contributed by atoms with Gasteiger partial charge in [0.2, 0.25) is 0 Å². The van der Waals surface area contributed by atoms with Crippen LogP contribution in [0.5, 0.6) is 0 Å². The summed E-state index contributed by atoms with van der Waals surface area (Å²) in [5.74, 6) is 0. The molecule has 0 radical (unpaired) electrons. The largest absolute Gasteiger partial charge is 0.388 e. The zero-order chi connectivity index (χ0) is 14.8. The molecule has 0 saturated carbocycles. The second-order valence-electron chi connectivity index (χ2n) is 6.34. The summed E-state index contributed by atoms with van der Waals surface area (Å²) in [4.78, 5) is 4.83. The molecule has 1 fully saturated rings. The van der Waals surface area contributed by atoms with Gasteiger partial charge in [0.05, 0.1) is 6.10 Å². The van der Waals surface area contributed by atoms with Crippen LogP contribution in [0.1, 0.15) is 31.9 Å². The molecular weight excluding hydrogens is 272 g/mol. The molecule has 0 amide bonds. The zero-order valence-corrected chi connectivity index (χ0v) is 13.4. The third kappa shape index (κ3) is 3.73. The van der Waals surface area contributed by atoms with E-state index in [4.69, 9.17) is 11.6 Å². The molecule has 1 aromatic carbocycles. The lowest BCUT2D eigenvalue weighted by Crippen LogP contribution is -2.57. The van der Waals surface area contributed by atoms with Crippen molar-refractivity contribution in [1.82, 2.24) is 9.80 Å². The van der Waals surface area contributed by atoms with Crippen molar-refractivity contribution in [2.45, 2.75) is 31.9 Å². The van der Waals surface area contributed by atoms with Gasteiger partial charge < -0.3 is 10.0 Å². The fourth-order valence-corrected chi connectivity index (χ4v) is 3.00. The molecule has 3 nitrogen and oxygen atoms in total. The average molecular weight is 297 g/mol. The van der Waals surface area contributed by atoms with Crippen LogP contribution in [0.25, 0.3) is 0 Å². The van der Waals surface area contributed by atoms with Gasteiger partial charge in [0.25, 0.3) is 0 Å². The lowest BCUT2D eigenvalue weighted by atomic mass is 9.99. The molecule has 0 bridgehead atoms. The minimum absolute atomic E-state index is 0.202. The number of aliphatic hydroxyl groups is 1. The fourth-order valence-electron chi connectivity index (χ4n) is 2.74. The van der Waals surface area contributed by atoms with Gasteiger partial charge in [0.15, 0.2) is 0 Å². The smallest absolute Gasteiger partial charge is 0.0816 e. The number of hydrogen-bond donors (Lipinski definition) is 1. The molecule has 0 spiro atoms. The third-order valence-corrected chi connectivity index (χ3v) is 4.72. The van der Waals surface area contributed by atoms with Crippen molar-refractivity contribution in [1.29, 1.82) is 0 Å². The topological polar surface area (TPSA) is 26.7 Å². The molecule has 1 aliphatic rings. The van der Waals surface area contributed by atoms with Gasteiger partial charge in [-0.3, -0.25) is 4.90 Å². The summed E-state index contributed by atoms with van der Waals surface area (Å²) in [6, 6.07) is 7.55. The first-order chi connectivity index (χ1) is 9.40. The number of nitrogens with zero attached hydrogens (tertiary/aromatic N) is 2. The van der Waals surface area contributed by atoms with Crippen molar-refractivity contribution < 1.29 is 5.11 Å². The molecule has 1 aromatic rings. The maximum Gasteiger partial charge on any atom is 0.0816 e. The van der Waals surface area contributed by atoms with Gasteiger partial charge >= 0.3 is 0 Å². The van der Waals surface area contributed by atoms with Crippen molar-refractivity contribution >= 4 is 11.6 Å². The van der Waals surface area contributed by atoms with Gasteiger partial charge in [-0.05, 0) is 38.9 Å². The molecule has 1 saturated heterocycles. The second-order valence-corrected chi connectivity index (χ2v) is 6.74. The van der Waals surface area contributed by atoms with E-state index in [0.717, 1.165) is 38.2 Å². The molecule has 1 aliphatic heterocycles. The van der Waals surface area contributed by atoms with Crippen LogP contribution < -0.4 is 0 Å². The number of benzene rings is 1. The van der Waals surface area contributed by atoms with Crippen molar-refractivity contribution in [2.24, 2.45) is 0 Å². The first-order valence-corrected chi connectivity index (χ1v) is 7.64. The first kappa shape index (κ1) is 15.8. The maximum absolute atomic E-state index is 10.3. The van der Waals surface area contributed by atoms with Gasteiger partial charge in [-0.1, -0.05) is 29.8 Å². The van der Waals surface area contributed by atoms with Gasteiger partial charge in [0, 0.05) is 36.7 Å². The minimum atomic E-state index is -0.480. The number of hydrogen-bond acceptors (Lipinski definition) is 3. The summed E-state index contributed by atoms with van der Waals surface area (Å²) >= 11 is 6.12. The Morgan fingerprint density at radius 1 is 1.30 bits per heavy atom. The van der Waals surface area contributed by atoms with Crippen molar-refractivity contribution in [3.05, 3.63) is 34.9 Å². The van der Waals surface area contributed by atoms with Crippen LogP contribution in [0.4, 0.5) is 0 Å². The van der Waals surface area contributed by atoms with E-state index in [-0.39, 0.29) is 5.54 Å². The van der Waals surface area contributed by atoms with Crippen molar-refractivity contribution in [3.8, 4) is 0 Å². The van der Waals surface area contributed by atoms with Gasteiger partial charge in [-0.2, -0.15) is 0 Å². The highest BCUT2D eigenvalue weighted by molar-refractivity contribution is 6.31. The highest BCUT2D eigenvalue weighted by atomic mass is 35.5. The van der Waals surface area contributed by atoms with E-state index >= 15 is 0 Å². The van der Waals surface area contributed by atoms with Crippen LogP contribution in [0.3, 0.4) is 0 Å². The quantitative estimate of drug-likeness (QED) is 0.925. The van der Waals surface area contributed by atoms with E-state index in [1.807, 2.05) is 24.3 Å². The van der Waals surface area contributed by atoms with Crippen LogP contribution >= 0.6 is 11.6 Å². The van der Waals surface area contributed by atoms with E-state index in [1.54, 1.807) is 0 Å². The Balaban J connectivity index is 1.88. The average Bonchev–Trinajstić information content (AvgIpc) is 2.40. The summed E-state index contributed by atoms with van der Waals surface area (Å²) in [7, 11) is 2.18. The number of aliphatic hydroxyl groups excluding tert-OH is 1. The summed E-state index contributed by atoms with van der Waals surface area (Å²) in [6.07, 6.45) is 0.246. The Hall–Kier alpha value is -0.610. The monoisotopic (exact) mass is 296 g/mol. The number of rotatable bonds is 4. The molecule has 1 unspecified atom stereocenters. The van der Waals surface area contributed by atoms with Crippen molar-refractivity contribution in [3.63, 3.8) is 0 Å². The predicted octanol–water partition coefficient (Wildman–Crippen LogP) is 2.79. The van der Waals surface area contributed by atoms with Crippen LogP contribution in [-0.2, 0) is 0 Å². The summed E-state index contributed by atoms with van der Waals surface area (Å²) in [5, 5.41) is 10.9. The standard InChI is InChI=1S/C16H25ClN2O/c1-16(2)12-19(11-10-18(16)3)9-8-15(20)13-6-4-5-7-14(13)17/h4-7,15,20H,8-12H2,1-3H3. The Morgan fingerprint density at radius 3 is 2.65 bits per heavy atom. The molecule has 112 valence electrons. The van der Waals surface area contributed by atoms with Crippen LogP contribution in [0.15, 0.2) is 24.3 Å². The van der Waals surface area contributed by atoms with Crippen LogP contribution in [0, 0.1) is 0 Å². The van der Waals surface area contributed by atoms with E-state index in [1.165, 1.54) is 0 Å². The summed E-state index contributed by atoms with van der Waals surface area (Å²) in [6.45, 7) is 8.63. The molecule has 4 heteroatoms. The van der Waals surface area contributed by atoms with Crippen LogP contribution in [-0.4, -0.2) is 53.7 Å². The molecule has 1 atom stereocenters. The molecule has 20 heavy (non-hydrogen) atoms. The van der Waals surface area contributed by atoms with Gasteiger partial charge in [-0.25, -0.2) is 0 Å². The molecule has 1 heterocycles. The lowest BCUT2D eigenvalue weighted by molar-refractivity contribution is 0.0313. The molecular formula is C16H25ClN2O. The number of halogens is 1. The highest BCUT2D eigenvalue weighted by Gasteiger charge is 2.30. The normalized spacial score (nSPS) is 21.9. The zero-order valence-electron chi connectivity index (χ0n) is 12.6. The van der Waals surface area contributed by atoms with Crippen molar-refractivity contribution in [2.75, 3.05) is 33.2 Å². The van der Waals surface area contributed by atoms with Crippen LogP contribution in [0.2, 0.25) is 5.02 Å². The molecule has 2 rings (SSSR count). The second kappa shape index (κ2) is 6.44. The summed E-state index contributed by atoms with van der Waals surface area (Å²) in [5.41, 5.74) is 1.04. The SMILES string of the molecule is CN1CCN(CCC(O)c2ccccc2Cl)CC1(C)C. The predicted molar refractivity (Wildman–Crippen MR) is 84.2 cm³/mol. The molecule has 0 aliphatic carbocycles. The highest BCUT2D eigenvalue weighted by Crippen LogP contribution is 2.26. The first-order valence-electron chi connectivity index (χ1n) is 7.26. The number of likely N-dealkylation sites (N-methyl/N-ethyl adjacent to an activating group) is 1. The van der Waals surface area contributed by atoms with Gasteiger partial charge in [0.1, 0.15) is 0 Å². The Bertz CT molecular complexity index is 450. The maximum atomic E-state index is 10.3.